The molecule has 1 aromatic heterocycles. The molecule has 1 aliphatic rings. The van der Waals surface area contributed by atoms with E-state index in [4.69, 9.17) is 4.74 Å². The van der Waals surface area contributed by atoms with E-state index in [2.05, 4.69) is 10.3 Å². The fourth-order valence-corrected chi connectivity index (χ4v) is 5.46. The molecule has 0 spiro atoms. The molecule has 218 valence electrons. The number of β-amino-alcohol motifs (C(OH)–C–C–N with tert-alkyl or cyclic N) is 1. The molecule has 0 radical (unpaired) electrons. The lowest BCUT2D eigenvalue weighted by molar-refractivity contribution is 0.0402. The number of piperidine rings is 1. The summed E-state index contributed by atoms with van der Waals surface area (Å²) in [5.74, 6) is -1.01. The van der Waals surface area contributed by atoms with Gasteiger partial charge in [0.25, 0.3) is 0 Å². The Bertz CT molecular complexity index is 1650. The van der Waals surface area contributed by atoms with Gasteiger partial charge >= 0.3 is 6.09 Å². The number of halogens is 2. The third kappa shape index (κ3) is 6.11. The second kappa shape index (κ2) is 11.5. The molecule has 1 aliphatic heterocycles. The van der Waals surface area contributed by atoms with Crippen LogP contribution in [0.2, 0.25) is 0 Å². The van der Waals surface area contributed by atoms with Crippen LogP contribution >= 0.6 is 0 Å². The van der Waals surface area contributed by atoms with Crippen LogP contribution in [0, 0.1) is 18.6 Å². The number of aryl methyl sites for hydroxylation is 1. The third-order valence-corrected chi connectivity index (χ3v) is 7.27. The van der Waals surface area contributed by atoms with Crippen LogP contribution in [-0.4, -0.2) is 53.3 Å². The number of carbonyl (C=O) groups is 2. The fraction of sp³-hybridized carbons (Fsp3) is 0.303. The van der Waals surface area contributed by atoms with Crippen LogP contribution in [0.3, 0.4) is 0 Å². The van der Waals surface area contributed by atoms with E-state index in [1.807, 2.05) is 17.0 Å². The molecule has 5 rings (SSSR count). The van der Waals surface area contributed by atoms with Gasteiger partial charge in [0.15, 0.2) is 6.29 Å². The first-order valence-electron chi connectivity index (χ1n) is 13.8. The van der Waals surface area contributed by atoms with Crippen molar-refractivity contribution in [3.8, 4) is 22.3 Å². The number of benzene rings is 3. The average molecular weight is 574 g/mol. The van der Waals surface area contributed by atoms with Gasteiger partial charge in [0.1, 0.15) is 17.2 Å². The van der Waals surface area contributed by atoms with Crippen LogP contribution in [0.4, 0.5) is 19.3 Å². The summed E-state index contributed by atoms with van der Waals surface area (Å²) in [5, 5.41) is 14.6. The van der Waals surface area contributed by atoms with E-state index in [0.717, 1.165) is 5.56 Å². The van der Waals surface area contributed by atoms with E-state index >= 15 is 0 Å². The number of fused-ring (bicyclic) bond motifs is 1. The third-order valence-electron chi connectivity index (χ3n) is 7.27. The van der Waals surface area contributed by atoms with E-state index in [-0.39, 0.29) is 17.9 Å². The smallest absolute Gasteiger partial charge is 0.407 e. The number of hydrogen-bond donors (Lipinski definition) is 2. The van der Waals surface area contributed by atoms with Gasteiger partial charge in [-0.15, -0.1) is 0 Å². The highest BCUT2D eigenvalue weighted by Gasteiger charge is 2.32. The quantitative estimate of drug-likeness (QED) is 0.267. The second-order valence-electron chi connectivity index (χ2n) is 11.6. The number of ether oxygens (including phenoxy) is 1. The van der Waals surface area contributed by atoms with Gasteiger partial charge in [-0.3, -0.25) is 9.78 Å². The summed E-state index contributed by atoms with van der Waals surface area (Å²) in [6.45, 7) is 7.75. The average Bonchev–Trinajstić information content (AvgIpc) is 2.91. The van der Waals surface area contributed by atoms with Gasteiger partial charge < -0.3 is 20.1 Å². The molecule has 1 fully saturated rings. The summed E-state index contributed by atoms with van der Waals surface area (Å²) >= 11 is 0. The second-order valence-corrected chi connectivity index (χ2v) is 11.6. The number of nitrogens with zero attached hydrogens (tertiary/aromatic N) is 2. The summed E-state index contributed by atoms with van der Waals surface area (Å²) in [6.07, 6.45) is 1.08. The largest absolute Gasteiger partial charge is 0.444 e. The Morgan fingerprint density at radius 3 is 2.57 bits per heavy atom. The van der Waals surface area contributed by atoms with Gasteiger partial charge in [-0.25, -0.2) is 13.6 Å². The lowest BCUT2D eigenvalue weighted by Crippen LogP contribution is -2.55. The number of alkyl carbamates (subject to hydrolysis) is 1. The van der Waals surface area contributed by atoms with Crippen molar-refractivity contribution in [3.63, 3.8) is 0 Å². The highest BCUT2D eigenvalue weighted by molar-refractivity contribution is 6.02. The number of aldehydes is 1. The normalized spacial score (nSPS) is 17.3. The Hall–Kier alpha value is -4.37. The lowest BCUT2D eigenvalue weighted by atomic mass is 9.94. The molecule has 4 aromatic rings. The van der Waals surface area contributed by atoms with Crippen molar-refractivity contribution in [2.45, 2.75) is 51.9 Å². The Morgan fingerprint density at radius 2 is 1.88 bits per heavy atom. The van der Waals surface area contributed by atoms with Crippen LogP contribution in [0.5, 0.6) is 0 Å². The van der Waals surface area contributed by atoms with Gasteiger partial charge in [0.05, 0.1) is 28.9 Å². The number of aliphatic hydroxyl groups is 1. The minimum absolute atomic E-state index is 0.0484. The van der Waals surface area contributed by atoms with Crippen LogP contribution < -0.4 is 10.2 Å². The minimum Gasteiger partial charge on any atom is -0.444 e. The zero-order chi connectivity index (χ0) is 30.2. The van der Waals surface area contributed by atoms with Crippen LogP contribution in [0.1, 0.15) is 43.1 Å². The summed E-state index contributed by atoms with van der Waals surface area (Å²) < 4.78 is 34.4. The number of nitrogens with one attached hydrogen (secondary N) is 1. The van der Waals surface area contributed by atoms with E-state index in [0.29, 0.717) is 58.1 Å². The molecule has 0 saturated carbocycles. The molecular weight excluding hydrogens is 540 g/mol. The zero-order valence-corrected chi connectivity index (χ0v) is 23.9. The molecule has 2 heterocycles. The van der Waals surface area contributed by atoms with Gasteiger partial charge in [-0.1, -0.05) is 24.3 Å². The molecule has 1 saturated heterocycles. The Kier molecular flexibility index (Phi) is 7.97. The molecule has 2 unspecified atom stereocenters. The van der Waals surface area contributed by atoms with Crippen molar-refractivity contribution >= 4 is 29.0 Å². The van der Waals surface area contributed by atoms with E-state index < -0.39 is 29.7 Å². The van der Waals surface area contributed by atoms with Gasteiger partial charge in [0.2, 0.25) is 0 Å². The predicted octanol–water partition coefficient (Wildman–Crippen LogP) is 6.43. The molecule has 0 aliphatic carbocycles. The number of rotatable bonds is 5. The van der Waals surface area contributed by atoms with Crippen molar-refractivity contribution < 1.29 is 28.2 Å². The molecule has 0 bridgehead atoms. The zero-order valence-electron chi connectivity index (χ0n) is 23.9. The number of anilines is 1. The highest BCUT2D eigenvalue weighted by atomic mass is 19.1. The first-order chi connectivity index (χ1) is 19.9. The van der Waals surface area contributed by atoms with Gasteiger partial charge in [-0.2, -0.15) is 0 Å². The summed E-state index contributed by atoms with van der Waals surface area (Å²) in [6, 6.07) is 14.1. The first-order valence-corrected chi connectivity index (χ1v) is 13.8. The molecule has 3 aromatic carbocycles. The summed E-state index contributed by atoms with van der Waals surface area (Å²) in [5.41, 5.74) is 3.68. The number of pyridine rings is 1. The Balaban J connectivity index is 1.61. The Morgan fingerprint density at radius 1 is 1.10 bits per heavy atom. The van der Waals surface area contributed by atoms with E-state index in [9.17, 15) is 23.5 Å². The number of carbonyl (C=O) groups excluding carboxylic acids is 2. The summed E-state index contributed by atoms with van der Waals surface area (Å²) in [7, 11) is 0. The van der Waals surface area contributed by atoms with E-state index in [1.54, 1.807) is 58.2 Å². The fourth-order valence-electron chi connectivity index (χ4n) is 5.46. The number of hydrogen-bond acceptors (Lipinski definition) is 6. The molecule has 2 atom stereocenters. The molecule has 42 heavy (non-hydrogen) atoms. The van der Waals surface area contributed by atoms with Crippen molar-refractivity contribution in [3.05, 3.63) is 83.6 Å². The number of aliphatic hydroxyl groups excluding tert-OH is 1. The topological polar surface area (TPSA) is 91.8 Å². The number of aromatic nitrogens is 1. The van der Waals surface area contributed by atoms with Crippen molar-refractivity contribution in [1.82, 2.24) is 10.3 Å². The maximum Gasteiger partial charge on any atom is 0.407 e. The van der Waals surface area contributed by atoms with Gasteiger partial charge in [-0.05, 0) is 86.7 Å². The maximum atomic E-state index is 14.6. The van der Waals surface area contributed by atoms with Crippen LogP contribution in [-0.2, 0) is 4.74 Å². The standard InChI is InChI=1S/C33H33F2N3O4/c1-19-12-21(14-22(34)13-19)25-16-36-28-9-8-20(23-6-5-7-27(35)26(23)18-39)15-24(28)31(25)38-11-10-29(30(40)17-38)37-32(41)42-33(2,3)4/h5-9,12-16,18,29-30,40H,10-11,17H2,1-4H3,(H,37,41). The highest BCUT2D eigenvalue weighted by Crippen LogP contribution is 2.40. The van der Waals surface area contributed by atoms with Crippen LogP contribution in [0.25, 0.3) is 33.2 Å². The number of amides is 1. The molecule has 2 N–H and O–H groups in total. The van der Waals surface area contributed by atoms with E-state index in [1.165, 1.54) is 18.2 Å². The molecule has 7 nitrogen and oxygen atoms in total. The maximum absolute atomic E-state index is 14.6. The van der Waals surface area contributed by atoms with Crippen LogP contribution in [0.15, 0.2) is 60.8 Å². The summed E-state index contributed by atoms with van der Waals surface area (Å²) in [4.78, 5) is 30.8. The lowest BCUT2D eigenvalue weighted by Gasteiger charge is -2.39. The first kappa shape index (κ1) is 29.1. The SMILES string of the molecule is Cc1cc(F)cc(-c2cnc3ccc(-c4cccc(F)c4C=O)cc3c2N2CCC(NC(=O)OC(C)(C)C)C(O)C2)c1. The van der Waals surface area contributed by atoms with Crippen molar-refractivity contribution in [1.29, 1.82) is 0 Å². The Labute approximate surface area is 243 Å². The molecule has 9 heteroatoms. The molecule has 1 amide bonds. The predicted molar refractivity (Wildman–Crippen MR) is 159 cm³/mol. The van der Waals surface area contributed by atoms with Crippen molar-refractivity contribution in [2.24, 2.45) is 0 Å². The van der Waals surface area contributed by atoms with Gasteiger partial charge in [0, 0.05) is 30.2 Å². The molecular formula is C33H33F2N3O4. The monoisotopic (exact) mass is 573 g/mol. The minimum atomic E-state index is -0.926. The van der Waals surface area contributed by atoms with Crippen molar-refractivity contribution in [2.75, 3.05) is 18.0 Å².